The number of hydrogen-bond donors (Lipinski definition) is 4. The van der Waals surface area contributed by atoms with Gasteiger partial charge >= 0.3 is 5.69 Å². The third-order valence-corrected chi connectivity index (χ3v) is 7.10. The summed E-state index contributed by atoms with van der Waals surface area (Å²) in [5.41, 5.74) is 0.471. The Bertz CT molecular complexity index is 923. The van der Waals surface area contributed by atoms with Crippen LogP contribution in [0.15, 0.2) is 4.79 Å². The highest BCUT2D eigenvalue weighted by Crippen LogP contribution is 2.53. The van der Waals surface area contributed by atoms with Crippen molar-refractivity contribution >= 4 is 17.0 Å². The first kappa shape index (κ1) is 20.3. The summed E-state index contributed by atoms with van der Waals surface area (Å²) in [6.07, 6.45) is 5.93. The summed E-state index contributed by atoms with van der Waals surface area (Å²) < 4.78 is 1.64. The van der Waals surface area contributed by atoms with Crippen LogP contribution in [0.1, 0.15) is 71.5 Å². The second kappa shape index (κ2) is 7.40. The molecular formula is C21H33N5O3. The van der Waals surface area contributed by atoms with Gasteiger partial charge in [0, 0.05) is 12.0 Å². The summed E-state index contributed by atoms with van der Waals surface area (Å²) in [4.78, 5) is 25.4. The SMILES string of the molecule is CCCn1c(=O)nc(N[C@@H](CO)C(C)C)c2[nH]c(C34CCC(O)(CC3)CC4)nc21. The monoisotopic (exact) mass is 403 g/mol. The number of aryl methyl sites for hydroxylation is 1. The van der Waals surface area contributed by atoms with Gasteiger partial charge in [-0.2, -0.15) is 4.98 Å². The topological polar surface area (TPSA) is 116 Å². The van der Waals surface area contributed by atoms with Crippen LogP contribution in [0.4, 0.5) is 5.82 Å². The molecule has 160 valence electrons. The molecule has 0 radical (unpaired) electrons. The number of aromatic amines is 1. The van der Waals surface area contributed by atoms with E-state index < -0.39 is 5.60 Å². The van der Waals surface area contributed by atoms with Crippen molar-refractivity contribution in [2.45, 2.75) is 89.3 Å². The van der Waals surface area contributed by atoms with Gasteiger partial charge in [0.2, 0.25) is 0 Å². The van der Waals surface area contributed by atoms with E-state index in [1.165, 1.54) is 0 Å². The molecule has 0 aliphatic heterocycles. The van der Waals surface area contributed by atoms with Gasteiger partial charge in [-0.05, 0) is 50.9 Å². The molecule has 0 spiro atoms. The van der Waals surface area contributed by atoms with E-state index in [4.69, 9.17) is 4.98 Å². The van der Waals surface area contributed by atoms with Gasteiger partial charge in [0.15, 0.2) is 11.5 Å². The first-order valence-corrected chi connectivity index (χ1v) is 10.9. The van der Waals surface area contributed by atoms with E-state index >= 15 is 0 Å². The summed E-state index contributed by atoms with van der Waals surface area (Å²) in [6.45, 7) is 6.59. The van der Waals surface area contributed by atoms with Crippen molar-refractivity contribution < 1.29 is 10.2 Å². The van der Waals surface area contributed by atoms with E-state index in [0.29, 0.717) is 18.0 Å². The summed E-state index contributed by atoms with van der Waals surface area (Å²) in [6, 6.07) is -0.198. The van der Waals surface area contributed by atoms with Gasteiger partial charge in [-0.3, -0.25) is 4.57 Å². The number of aliphatic hydroxyl groups is 2. The Balaban J connectivity index is 1.81. The zero-order valence-electron chi connectivity index (χ0n) is 17.7. The molecule has 2 aromatic rings. The second-order valence-corrected chi connectivity index (χ2v) is 9.36. The van der Waals surface area contributed by atoms with Crippen LogP contribution in [0.2, 0.25) is 0 Å². The van der Waals surface area contributed by atoms with Gasteiger partial charge in [-0.1, -0.05) is 20.8 Å². The Morgan fingerprint density at radius 1 is 1.17 bits per heavy atom. The van der Waals surface area contributed by atoms with Crippen LogP contribution in [0.5, 0.6) is 0 Å². The van der Waals surface area contributed by atoms with E-state index in [9.17, 15) is 15.0 Å². The molecule has 2 aromatic heterocycles. The largest absolute Gasteiger partial charge is 0.394 e. The zero-order chi connectivity index (χ0) is 20.8. The molecule has 3 aliphatic carbocycles. The Kier molecular flexibility index (Phi) is 5.19. The molecule has 8 nitrogen and oxygen atoms in total. The molecular weight excluding hydrogens is 370 g/mol. The van der Waals surface area contributed by atoms with Crippen LogP contribution in [0, 0.1) is 5.92 Å². The average molecular weight is 404 g/mol. The molecule has 3 saturated carbocycles. The standard InChI is InChI=1S/C21H33N5O3/c1-4-11-26-17-15(16(24-19(26)28)22-14(12-27)13(2)3)23-18(25-17)20-5-8-21(29,9-6-20)10-7-20/h13-14,27,29H,4-12H2,1-3H3,(H,23,25)(H,22,24,28)/t14-,20?,21?/m0/s1. The fourth-order valence-electron chi connectivity index (χ4n) is 4.93. The summed E-state index contributed by atoms with van der Waals surface area (Å²) in [5, 5.41) is 23.6. The fourth-order valence-corrected chi connectivity index (χ4v) is 4.93. The lowest BCUT2D eigenvalue weighted by Gasteiger charge is -2.49. The van der Waals surface area contributed by atoms with Crippen LogP contribution < -0.4 is 11.0 Å². The van der Waals surface area contributed by atoms with E-state index in [0.717, 1.165) is 56.3 Å². The van der Waals surface area contributed by atoms with Crippen molar-refractivity contribution in [3.63, 3.8) is 0 Å². The van der Waals surface area contributed by atoms with Crippen molar-refractivity contribution in [1.29, 1.82) is 0 Å². The molecule has 2 heterocycles. The predicted molar refractivity (Wildman–Crippen MR) is 112 cm³/mol. The van der Waals surface area contributed by atoms with Crippen molar-refractivity contribution in [1.82, 2.24) is 19.5 Å². The van der Waals surface area contributed by atoms with Gasteiger partial charge < -0.3 is 20.5 Å². The number of aromatic nitrogens is 4. The van der Waals surface area contributed by atoms with Crippen molar-refractivity contribution in [3.05, 3.63) is 16.3 Å². The number of rotatable bonds is 7. The van der Waals surface area contributed by atoms with Crippen molar-refractivity contribution in [3.8, 4) is 0 Å². The Hall–Kier alpha value is -1.93. The second-order valence-electron chi connectivity index (χ2n) is 9.36. The number of aliphatic hydroxyl groups excluding tert-OH is 1. The lowest BCUT2D eigenvalue weighted by atomic mass is 9.58. The summed E-state index contributed by atoms with van der Waals surface area (Å²) in [7, 11) is 0. The number of imidazole rings is 1. The maximum Gasteiger partial charge on any atom is 0.351 e. The Labute approximate surface area is 170 Å². The van der Waals surface area contributed by atoms with Crippen LogP contribution in [0.25, 0.3) is 11.2 Å². The molecule has 5 rings (SSSR count). The van der Waals surface area contributed by atoms with Crippen LogP contribution in [-0.2, 0) is 12.0 Å². The fraction of sp³-hybridized carbons (Fsp3) is 0.762. The van der Waals surface area contributed by atoms with Gasteiger partial charge in [0.1, 0.15) is 11.3 Å². The first-order chi connectivity index (χ1) is 13.8. The number of hydrogen-bond acceptors (Lipinski definition) is 6. The third-order valence-electron chi connectivity index (χ3n) is 7.10. The van der Waals surface area contributed by atoms with Gasteiger partial charge in [0.25, 0.3) is 0 Å². The minimum Gasteiger partial charge on any atom is -0.394 e. The molecule has 3 aliphatic rings. The molecule has 8 heteroatoms. The van der Waals surface area contributed by atoms with E-state index in [2.05, 4.69) is 15.3 Å². The van der Waals surface area contributed by atoms with Crippen LogP contribution in [-0.4, -0.2) is 48.0 Å². The molecule has 0 amide bonds. The first-order valence-electron chi connectivity index (χ1n) is 10.9. The summed E-state index contributed by atoms with van der Waals surface area (Å²) >= 11 is 0. The van der Waals surface area contributed by atoms with Crippen LogP contribution in [0.3, 0.4) is 0 Å². The predicted octanol–water partition coefficient (Wildman–Crippen LogP) is 2.30. The maximum absolute atomic E-state index is 12.7. The lowest BCUT2D eigenvalue weighted by Crippen LogP contribution is -2.48. The highest BCUT2D eigenvalue weighted by Gasteiger charge is 2.50. The molecule has 4 N–H and O–H groups in total. The molecule has 0 unspecified atom stereocenters. The average Bonchev–Trinajstić information content (AvgIpc) is 3.15. The van der Waals surface area contributed by atoms with Gasteiger partial charge in [0.05, 0.1) is 18.2 Å². The molecule has 29 heavy (non-hydrogen) atoms. The van der Waals surface area contributed by atoms with Crippen molar-refractivity contribution in [2.75, 3.05) is 11.9 Å². The molecule has 0 saturated heterocycles. The number of H-pyrrole nitrogens is 1. The Morgan fingerprint density at radius 2 is 1.83 bits per heavy atom. The minimum atomic E-state index is -0.502. The van der Waals surface area contributed by atoms with Gasteiger partial charge in [-0.25, -0.2) is 9.78 Å². The third kappa shape index (κ3) is 3.46. The molecule has 2 bridgehead atoms. The van der Waals surface area contributed by atoms with Gasteiger partial charge in [-0.15, -0.1) is 0 Å². The molecule has 1 atom stereocenters. The van der Waals surface area contributed by atoms with E-state index in [-0.39, 0.29) is 29.7 Å². The molecule has 3 fully saturated rings. The molecule has 0 aromatic carbocycles. The highest BCUT2D eigenvalue weighted by molar-refractivity contribution is 5.83. The zero-order valence-corrected chi connectivity index (χ0v) is 17.7. The summed E-state index contributed by atoms with van der Waals surface area (Å²) in [5.74, 6) is 1.55. The minimum absolute atomic E-state index is 0.0393. The number of anilines is 1. The van der Waals surface area contributed by atoms with Crippen LogP contribution >= 0.6 is 0 Å². The van der Waals surface area contributed by atoms with Crippen molar-refractivity contribution in [2.24, 2.45) is 5.92 Å². The van der Waals surface area contributed by atoms with E-state index in [1.807, 2.05) is 20.8 Å². The number of nitrogens with one attached hydrogen (secondary N) is 2. The van der Waals surface area contributed by atoms with E-state index in [1.54, 1.807) is 4.57 Å². The Morgan fingerprint density at radius 3 is 2.38 bits per heavy atom. The smallest absolute Gasteiger partial charge is 0.351 e. The highest BCUT2D eigenvalue weighted by atomic mass is 16.3. The number of nitrogens with zero attached hydrogens (tertiary/aromatic N) is 3. The lowest BCUT2D eigenvalue weighted by molar-refractivity contribution is -0.0677. The maximum atomic E-state index is 12.7. The normalized spacial score (nSPS) is 27.7. The number of fused-ring (bicyclic) bond motifs is 4. The quantitative estimate of drug-likeness (QED) is 0.564.